The fourth-order valence-corrected chi connectivity index (χ4v) is 4.05. The molecule has 1 atom stereocenters. The molecule has 1 unspecified atom stereocenters. The third-order valence-corrected chi connectivity index (χ3v) is 5.47. The number of benzene rings is 2. The first-order valence-corrected chi connectivity index (χ1v) is 9.53. The number of nitrogens with zero attached hydrogens (tertiary/aromatic N) is 4. The van der Waals surface area contributed by atoms with E-state index >= 15 is 0 Å². The quantitative estimate of drug-likeness (QED) is 0.575. The first-order chi connectivity index (χ1) is 13.7. The Morgan fingerprint density at radius 1 is 1.04 bits per heavy atom. The van der Waals surface area contributed by atoms with E-state index in [0.717, 1.165) is 41.5 Å². The van der Waals surface area contributed by atoms with Gasteiger partial charge in [0.05, 0.1) is 17.3 Å². The van der Waals surface area contributed by atoms with Crippen molar-refractivity contribution in [3.8, 4) is 5.69 Å². The Morgan fingerprint density at radius 3 is 2.75 bits per heavy atom. The lowest BCUT2D eigenvalue weighted by molar-refractivity contribution is 0.0322. The normalized spacial score (nSPS) is 18.8. The summed E-state index contributed by atoms with van der Waals surface area (Å²) in [4.78, 5) is 8.81. The van der Waals surface area contributed by atoms with E-state index in [2.05, 4.69) is 26.4 Å². The highest BCUT2D eigenvalue weighted by atomic mass is 16.3. The van der Waals surface area contributed by atoms with Gasteiger partial charge in [0.1, 0.15) is 17.7 Å². The molecule has 5 rings (SSSR count). The number of anilines is 1. The number of hydrogen-bond acceptors (Lipinski definition) is 5. The second-order valence-corrected chi connectivity index (χ2v) is 7.25. The number of aryl methyl sites for hydroxylation is 1. The Balaban J connectivity index is 1.46. The molecule has 0 saturated heterocycles. The number of rotatable bonds is 4. The van der Waals surface area contributed by atoms with Crippen LogP contribution in [0.1, 0.15) is 24.0 Å². The van der Waals surface area contributed by atoms with Crippen LogP contribution in [-0.2, 0) is 12.0 Å². The summed E-state index contributed by atoms with van der Waals surface area (Å²) in [6.45, 7) is 0.395. The van der Waals surface area contributed by atoms with Gasteiger partial charge in [-0.2, -0.15) is 5.10 Å². The predicted octanol–water partition coefficient (Wildman–Crippen LogP) is 3.45. The average molecular weight is 371 g/mol. The molecule has 0 amide bonds. The second-order valence-electron chi connectivity index (χ2n) is 7.25. The number of aliphatic hydroxyl groups is 1. The van der Waals surface area contributed by atoms with E-state index < -0.39 is 5.60 Å². The molecule has 2 heterocycles. The standard InChI is InChI=1S/C22H21N5O/c28-22(12-6-8-16-7-4-5-11-19(16)22)14-23-20-18-13-26-27(21(18)25-15-24-20)17-9-2-1-3-10-17/h1-5,7,9-11,13,15,28H,6,8,12,14H2,(H,23,24,25). The van der Waals surface area contributed by atoms with E-state index in [0.29, 0.717) is 12.4 Å². The Labute approximate surface area is 162 Å². The van der Waals surface area contributed by atoms with Crippen molar-refractivity contribution < 1.29 is 5.11 Å². The Bertz CT molecular complexity index is 1120. The molecule has 6 heteroatoms. The lowest BCUT2D eigenvalue weighted by Crippen LogP contribution is -2.37. The molecule has 1 aliphatic carbocycles. The van der Waals surface area contributed by atoms with Gasteiger partial charge in [-0.15, -0.1) is 0 Å². The number of para-hydroxylation sites is 1. The average Bonchev–Trinajstić information content (AvgIpc) is 3.18. The zero-order valence-electron chi connectivity index (χ0n) is 15.4. The molecule has 2 aromatic heterocycles. The summed E-state index contributed by atoms with van der Waals surface area (Å²) in [5, 5.41) is 20.0. The second kappa shape index (κ2) is 6.73. The van der Waals surface area contributed by atoms with Crippen LogP contribution in [0.25, 0.3) is 16.7 Å². The van der Waals surface area contributed by atoms with Crippen LogP contribution >= 0.6 is 0 Å². The summed E-state index contributed by atoms with van der Waals surface area (Å²) >= 11 is 0. The fraction of sp³-hybridized carbons (Fsp3) is 0.227. The maximum absolute atomic E-state index is 11.3. The number of nitrogens with one attached hydrogen (secondary N) is 1. The summed E-state index contributed by atoms with van der Waals surface area (Å²) in [6, 6.07) is 18.0. The van der Waals surface area contributed by atoms with Crippen LogP contribution in [0.2, 0.25) is 0 Å². The van der Waals surface area contributed by atoms with Crippen molar-refractivity contribution in [2.45, 2.75) is 24.9 Å². The van der Waals surface area contributed by atoms with Crippen LogP contribution in [0.5, 0.6) is 0 Å². The Hall–Kier alpha value is -3.25. The summed E-state index contributed by atoms with van der Waals surface area (Å²) < 4.78 is 1.80. The fourth-order valence-electron chi connectivity index (χ4n) is 4.05. The van der Waals surface area contributed by atoms with Crippen molar-refractivity contribution in [1.29, 1.82) is 0 Å². The van der Waals surface area contributed by atoms with Gasteiger partial charge in [-0.05, 0) is 42.5 Å². The minimum absolute atomic E-state index is 0.395. The summed E-state index contributed by atoms with van der Waals surface area (Å²) in [5.41, 5.74) is 3.02. The number of hydrogen-bond donors (Lipinski definition) is 2. The third-order valence-electron chi connectivity index (χ3n) is 5.47. The largest absolute Gasteiger partial charge is 0.383 e. The molecule has 0 radical (unpaired) electrons. The van der Waals surface area contributed by atoms with E-state index in [1.54, 1.807) is 10.9 Å². The van der Waals surface area contributed by atoms with Gasteiger partial charge >= 0.3 is 0 Å². The van der Waals surface area contributed by atoms with E-state index in [1.807, 2.05) is 48.5 Å². The highest BCUT2D eigenvalue weighted by Crippen LogP contribution is 2.35. The minimum Gasteiger partial charge on any atom is -0.383 e. The molecule has 0 fully saturated rings. The first-order valence-electron chi connectivity index (χ1n) is 9.53. The lowest BCUT2D eigenvalue weighted by atomic mass is 9.79. The highest BCUT2D eigenvalue weighted by Gasteiger charge is 2.34. The van der Waals surface area contributed by atoms with Gasteiger partial charge in [-0.25, -0.2) is 14.6 Å². The van der Waals surface area contributed by atoms with E-state index in [-0.39, 0.29) is 0 Å². The van der Waals surface area contributed by atoms with Gasteiger partial charge < -0.3 is 10.4 Å². The van der Waals surface area contributed by atoms with Crippen molar-refractivity contribution >= 4 is 16.9 Å². The molecular weight excluding hydrogens is 350 g/mol. The van der Waals surface area contributed by atoms with Crippen LogP contribution in [0.3, 0.4) is 0 Å². The molecule has 6 nitrogen and oxygen atoms in total. The SMILES string of the molecule is OC1(CNc2ncnc3c2cnn3-c2ccccc2)CCCc2ccccc21. The molecular formula is C22H21N5O. The number of aromatic nitrogens is 4. The molecule has 0 aliphatic heterocycles. The molecule has 2 aromatic carbocycles. The van der Waals surface area contributed by atoms with E-state index in [1.165, 1.54) is 11.9 Å². The monoisotopic (exact) mass is 371 g/mol. The van der Waals surface area contributed by atoms with E-state index in [9.17, 15) is 5.11 Å². The summed E-state index contributed by atoms with van der Waals surface area (Å²) in [7, 11) is 0. The lowest BCUT2D eigenvalue weighted by Gasteiger charge is -2.34. The molecule has 0 spiro atoms. The van der Waals surface area contributed by atoms with Crippen molar-refractivity contribution in [2.75, 3.05) is 11.9 Å². The highest BCUT2D eigenvalue weighted by molar-refractivity contribution is 5.87. The molecule has 2 N–H and O–H groups in total. The molecule has 140 valence electrons. The van der Waals surface area contributed by atoms with Crippen LogP contribution in [0, 0.1) is 0 Å². The van der Waals surface area contributed by atoms with Crippen molar-refractivity contribution in [2.24, 2.45) is 0 Å². The van der Waals surface area contributed by atoms with Gasteiger partial charge in [0, 0.05) is 6.54 Å². The number of fused-ring (bicyclic) bond motifs is 2. The molecule has 4 aromatic rings. The molecule has 1 aliphatic rings. The molecule has 0 bridgehead atoms. The smallest absolute Gasteiger partial charge is 0.168 e. The summed E-state index contributed by atoms with van der Waals surface area (Å²) in [6.07, 6.45) is 6.02. The maximum Gasteiger partial charge on any atom is 0.168 e. The Morgan fingerprint density at radius 2 is 1.86 bits per heavy atom. The third kappa shape index (κ3) is 2.82. The van der Waals surface area contributed by atoms with Gasteiger partial charge in [-0.3, -0.25) is 0 Å². The zero-order chi connectivity index (χ0) is 19.0. The summed E-state index contributed by atoms with van der Waals surface area (Å²) in [5.74, 6) is 0.684. The van der Waals surface area contributed by atoms with Crippen molar-refractivity contribution in [1.82, 2.24) is 19.7 Å². The molecule has 0 saturated carbocycles. The van der Waals surface area contributed by atoms with Gasteiger partial charge in [0.15, 0.2) is 5.65 Å². The van der Waals surface area contributed by atoms with Crippen LogP contribution < -0.4 is 5.32 Å². The van der Waals surface area contributed by atoms with Crippen molar-refractivity contribution in [3.63, 3.8) is 0 Å². The van der Waals surface area contributed by atoms with Gasteiger partial charge in [0.2, 0.25) is 0 Å². The minimum atomic E-state index is -0.901. The van der Waals surface area contributed by atoms with Crippen LogP contribution in [-0.4, -0.2) is 31.4 Å². The van der Waals surface area contributed by atoms with Crippen molar-refractivity contribution in [3.05, 3.63) is 78.2 Å². The van der Waals surface area contributed by atoms with E-state index in [4.69, 9.17) is 0 Å². The van der Waals surface area contributed by atoms with Crippen LogP contribution in [0.4, 0.5) is 5.82 Å². The first kappa shape index (κ1) is 16.9. The maximum atomic E-state index is 11.3. The topological polar surface area (TPSA) is 75.9 Å². The zero-order valence-corrected chi connectivity index (χ0v) is 15.4. The van der Waals surface area contributed by atoms with Crippen LogP contribution in [0.15, 0.2) is 67.1 Å². The predicted molar refractivity (Wildman–Crippen MR) is 108 cm³/mol. The Kier molecular flexibility index (Phi) is 4.06. The van der Waals surface area contributed by atoms with Gasteiger partial charge in [0.25, 0.3) is 0 Å². The molecule has 28 heavy (non-hydrogen) atoms. The van der Waals surface area contributed by atoms with Gasteiger partial charge in [-0.1, -0.05) is 42.5 Å².